The molecule has 0 fully saturated rings. The maximum absolute atomic E-state index is 11.0. The number of hydrogen-bond donors (Lipinski definition) is 0. The molecule has 1 unspecified atom stereocenters. The van der Waals surface area contributed by atoms with Crippen molar-refractivity contribution in [2.24, 2.45) is 0 Å². The van der Waals surface area contributed by atoms with E-state index < -0.39 is 0 Å². The Labute approximate surface area is 102 Å². The summed E-state index contributed by atoms with van der Waals surface area (Å²) in [7, 11) is 2.02. The largest absolute Gasteiger partial charge is 0.300 e. The van der Waals surface area contributed by atoms with Gasteiger partial charge in [-0.05, 0) is 38.6 Å². The van der Waals surface area contributed by atoms with Crippen molar-refractivity contribution in [3.63, 3.8) is 0 Å². The molecular formula is C13H18ClNO. The number of halogens is 1. The molecule has 16 heavy (non-hydrogen) atoms. The normalized spacial score (nSPS) is 12.8. The van der Waals surface area contributed by atoms with E-state index in [4.69, 9.17) is 11.6 Å². The van der Waals surface area contributed by atoms with Crippen molar-refractivity contribution in [1.82, 2.24) is 4.90 Å². The van der Waals surface area contributed by atoms with Crippen LogP contribution in [0.4, 0.5) is 0 Å². The summed E-state index contributed by atoms with van der Waals surface area (Å²) in [5.41, 5.74) is 1.17. The van der Waals surface area contributed by atoms with Crippen LogP contribution in [-0.4, -0.2) is 23.8 Å². The third-order valence-corrected chi connectivity index (χ3v) is 2.89. The summed E-state index contributed by atoms with van der Waals surface area (Å²) in [6.45, 7) is 4.50. The minimum absolute atomic E-state index is 0.227. The topological polar surface area (TPSA) is 20.3 Å². The second-order valence-electron chi connectivity index (χ2n) is 4.30. The molecule has 0 aliphatic rings. The number of hydrogen-bond acceptors (Lipinski definition) is 2. The maximum Gasteiger partial charge on any atom is 0.131 e. The van der Waals surface area contributed by atoms with Crippen LogP contribution in [0.15, 0.2) is 24.3 Å². The van der Waals surface area contributed by atoms with E-state index in [2.05, 4.69) is 11.8 Å². The number of benzene rings is 1. The van der Waals surface area contributed by atoms with E-state index in [-0.39, 0.29) is 11.8 Å². The van der Waals surface area contributed by atoms with E-state index in [1.807, 2.05) is 31.3 Å². The minimum Gasteiger partial charge on any atom is -0.300 e. The van der Waals surface area contributed by atoms with Crippen LogP contribution in [0.2, 0.25) is 5.02 Å². The Bertz CT molecular complexity index is 365. The van der Waals surface area contributed by atoms with Crippen molar-refractivity contribution >= 4 is 17.4 Å². The molecule has 1 atom stereocenters. The molecule has 1 rings (SSSR count). The second kappa shape index (κ2) is 6.02. The Balaban J connectivity index is 2.56. The quantitative estimate of drug-likeness (QED) is 0.787. The highest BCUT2D eigenvalue weighted by molar-refractivity contribution is 6.30. The van der Waals surface area contributed by atoms with Gasteiger partial charge < -0.3 is 0 Å². The first-order valence-corrected chi connectivity index (χ1v) is 5.81. The van der Waals surface area contributed by atoms with Gasteiger partial charge in [0.25, 0.3) is 0 Å². The fourth-order valence-corrected chi connectivity index (χ4v) is 1.86. The first kappa shape index (κ1) is 13.2. The smallest absolute Gasteiger partial charge is 0.131 e. The third-order valence-electron chi connectivity index (χ3n) is 2.66. The standard InChI is InChI=1S/C13H18ClNO/c1-10(7-11(2)16)15(3)9-12-5-4-6-13(14)8-12/h4-6,8,10H,7,9H2,1-3H3. The zero-order valence-corrected chi connectivity index (χ0v) is 10.8. The SMILES string of the molecule is CC(=O)CC(C)N(C)Cc1cccc(Cl)c1. The molecule has 0 heterocycles. The van der Waals surface area contributed by atoms with Crippen molar-refractivity contribution < 1.29 is 4.79 Å². The minimum atomic E-state index is 0.227. The lowest BCUT2D eigenvalue weighted by Crippen LogP contribution is -2.30. The van der Waals surface area contributed by atoms with Gasteiger partial charge in [-0.1, -0.05) is 23.7 Å². The van der Waals surface area contributed by atoms with Gasteiger partial charge in [0.05, 0.1) is 0 Å². The molecule has 0 aromatic heterocycles. The van der Waals surface area contributed by atoms with Gasteiger partial charge in [-0.2, -0.15) is 0 Å². The Morgan fingerprint density at radius 3 is 2.75 bits per heavy atom. The first-order chi connectivity index (χ1) is 7.49. The zero-order chi connectivity index (χ0) is 12.1. The monoisotopic (exact) mass is 239 g/mol. The van der Waals surface area contributed by atoms with Gasteiger partial charge in [0.2, 0.25) is 0 Å². The molecule has 0 saturated heterocycles. The highest BCUT2D eigenvalue weighted by Crippen LogP contribution is 2.14. The van der Waals surface area contributed by atoms with Crippen LogP contribution in [-0.2, 0) is 11.3 Å². The molecule has 3 heteroatoms. The predicted octanol–water partition coefficient (Wildman–Crippen LogP) is 3.14. The summed E-state index contributed by atoms with van der Waals surface area (Å²) >= 11 is 5.92. The Morgan fingerprint density at radius 2 is 2.19 bits per heavy atom. The molecule has 0 amide bonds. The number of rotatable bonds is 5. The average Bonchev–Trinajstić information content (AvgIpc) is 2.16. The predicted molar refractivity (Wildman–Crippen MR) is 67.7 cm³/mol. The van der Waals surface area contributed by atoms with Crippen molar-refractivity contribution in [3.05, 3.63) is 34.9 Å². The first-order valence-electron chi connectivity index (χ1n) is 5.43. The molecule has 1 aromatic rings. The van der Waals surface area contributed by atoms with E-state index in [0.717, 1.165) is 11.6 Å². The van der Waals surface area contributed by atoms with Gasteiger partial charge in [0.15, 0.2) is 0 Å². The molecule has 0 bridgehead atoms. The molecule has 0 aliphatic heterocycles. The lowest BCUT2D eigenvalue weighted by molar-refractivity contribution is -0.118. The van der Waals surface area contributed by atoms with Gasteiger partial charge in [-0.3, -0.25) is 9.69 Å². The second-order valence-corrected chi connectivity index (χ2v) is 4.74. The Kier molecular flexibility index (Phi) is 4.97. The molecule has 0 N–H and O–H groups in total. The fourth-order valence-electron chi connectivity index (χ4n) is 1.65. The van der Waals surface area contributed by atoms with E-state index >= 15 is 0 Å². The Hall–Kier alpha value is -0.860. The highest BCUT2D eigenvalue weighted by atomic mass is 35.5. The molecule has 0 spiro atoms. The van der Waals surface area contributed by atoms with Gasteiger partial charge in [0, 0.05) is 24.0 Å². The molecular weight excluding hydrogens is 222 g/mol. The van der Waals surface area contributed by atoms with Gasteiger partial charge in [-0.25, -0.2) is 0 Å². The number of carbonyl (C=O) groups excluding carboxylic acids is 1. The zero-order valence-electron chi connectivity index (χ0n) is 10.0. The molecule has 1 aromatic carbocycles. The molecule has 0 aliphatic carbocycles. The van der Waals surface area contributed by atoms with E-state index in [1.54, 1.807) is 6.92 Å². The van der Waals surface area contributed by atoms with Crippen LogP contribution in [0, 0.1) is 0 Å². The number of ketones is 1. The van der Waals surface area contributed by atoms with Crippen LogP contribution >= 0.6 is 11.6 Å². The molecule has 2 nitrogen and oxygen atoms in total. The average molecular weight is 240 g/mol. The summed E-state index contributed by atoms with van der Waals surface area (Å²) in [5, 5.41) is 0.755. The van der Waals surface area contributed by atoms with E-state index in [0.29, 0.717) is 6.42 Å². The van der Waals surface area contributed by atoms with Crippen molar-refractivity contribution in [2.45, 2.75) is 32.9 Å². The summed E-state index contributed by atoms with van der Waals surface area (Å²) < 4.78 is 0. The molecule has 88 valence electrons. The van der Waals surface area contributed by atoms with Crippen LogP contribution < -0.4 is 0 Å². The van der Waals surface area contributed by atoms with Crippen LogP contribution in [0.1, 0.15) is 25.8 Å². The fraction of sp³-hybridized carbons (Fsp3) is 0.462. The van der Waals surface area contributed by atoms with E-state index in [9.17, 15) is 4.79 Å². The van der Waals surface area contributed by atoms with Crippen molar-refractivity contribution in [2.75, 3.05) is 7.05 Å². The van der Waals surface area contributed by atoms with Gasteiger partial charge in [0.1, 0.15) is 5.78 Å². The number of carbonyl (C=O) groups is 1. The van der Waals surface area contributed by atoms with Crippen LogP contribution in [0.3, 0.4) is 0 Å². The number of Topliss-reactive ketones (excluding diaryl/α,β-unsaturated/α-hetero) is 1. The van der Waals surface area contributed by atoms with Crippen LogP contribution in [0.5, 0.6) is 0 Å². The maximum atomic E-state index is 11.0. The summed E-state index contributed by atoms with van der Waals surface area (Å²) in [6.07, 6.45) is 0.594. The number of nitrogens with zero attached hydrogens (tertiary/aromatic N) is 1. The third kappa shape index (κ3) is 4.33. The molecule has 0 radical (unpaired) electrons. The lowest BCUT2D eigenvalue weighted by atomic mass is 10.1. The lowest BCUT2D eigenvalue weighted by Gasteiger charge is -2.23. The molecule has 0 saturated carbocycles. The van der Waals surface area contributed by atoms with Crippen molar-refractivity contribution in [1.29, 1.82) is 0 Å². The highest BCUT2D eigenvalue weighted by Gasteiger charge is 2.11. The van der Waals surface area contributed by atoms with Crippen molar-refractivity contribution in [3.8, 4) is 0 Å². The van der Waals surface area contributed by atoms with Gasteiger partial charge >= 0.3 is 0 Å². The summed E-state index contributed by atoms with van der Waals surface area (Å²) in [4.78, 5) is 13.2. The summed E-state index contributed by atoms with van der Waals surface area (Å²) in [5.74, 6) is 0.227. The van der Waals surface area contributed by atoms with Crippen LogP contribution in [0.25, 0.3) is 0 Å². The van der Waals surface area contributed by atoms with Gasteiger partial charge in [-0.15, -0.1) is 0 Å². The van der Waals surface area contributed by atoms with E-state index in [1.165, 1.54) is 5.56 Å². The Morgan fingerprint density at radius 1 is 1.50 bits per heavy atom. The summed E-state index contributed by atoms with van der Waals surface area (Å²) in [6, 6.07) is 8.07.